The molecule has 0 saturated carbocycles. The zero-order valence-corrected chi connectivity index (χ0v) is 24.9. The fourth-order valence-electron chi connectivity index (χ4n) is 5.36. The van der Waals surface area contributed by atoms with Crippen LogP contribution in [0.25, 0.3) is 16.0 Å². The SMILES string of the molecule is CCCCOc1ccc([C@@H]2C(=C(O)c3ccc4c(c3)C[C@H](C)O4)C(=O)C(=O)N2c2nc3ccc(Cl)cc3s2)cc1OC. The Morgan fingerprint density at radius 3 is 2.76 bits per heavy atom. The second-order valence-electron chi connectivity index (χ2n) is 10.3. The molecule has 216 valence electrons. The number of benzene rings is 3. The molecule has 8 nitrogen and oxygen atoms in total. The van der Waals surface area contributed by atoms with E-state index < -0.39 is 17.7 Å². The van der Waals surface area contributed by atoms with E-state index in [4.69, 9.17) is 25.8 Å². The average Bonchev–Trinajstić information content (AvgIpc) is 3.64. The molecule has 1 aromatic heterocycles. The number of aromatic nitrogens is 1. The van der Waals surface area contributed by atoms with Gasteiger partial charge < -0.3 is 19.3 Å². The summed E-state index contributed by atoms with van der Waals surface area (Å²) in [5.74, 6) is -0.112. The maximum Gasteiger partial charge on any atom is 0.301 e. The van der Waals surface area contributed by atoms with Gasteiger partial charge in [-0.1, -0.05) is 42.3 Å². The number of unbranched alkanes of at least 4 members (excludes halogenated alkanes) is 1. The number of Topliss-reactive ketones (excluding diaryl/α,β-unsaturated/α-hetero) is 1. The van der Waals surface area contributed by atoms with Crippen LogP contribution in [0, 0.1) is 0 Å². The summed E-state index contributed by atoms with van der Waals surface area (Å²) in [6.45, 7) is 4.58. The zero-order chi connectivity index (χ0) is 29.5. The molecule has 3 aromatic carbocycles. The summed E-state index contributed by atoms with van der Waals surface area (Å²) in [4.78, 5) is 33.4. The minimum Gasteiger partial charge on any atom is -0.507 e. The third kappa shape index (κ3) is 4.97. The van der Waals surface area contributed by atoms with Crippen molar-refractivity contribution in [3.8, 4) is 17.2 Å². The van der Waals surface area contributed by atoms with Gasteiger partial charge in [-0.3, -0.25) is 14.5 Å². The number of aliphatic hydroxyl groups excluding tert-OH is 1. The normalized spacial score (nSPS) is 19.3. The highest BCUT2D eigenvalue weighted by Gasteiger charge is 2.48. The lowest BCUT2D eigenvalue weighted by atomic mass is 9.94. The van der Waals surface area contributed by atoms with Crippen LogP contribution in [-0.4, -0.2) is 41.6 Å². The Labute approximate surface area is 252 Å². The van der Waals surface area contributed by atoms with Gasteiger partial charge in [-0.05, 0) is 73.0 Å². The second kappa shape index (κ2) is 11.3. The van der Waals surface area contributed by atoms with Crippen molar-refractivity contribution in [3.63, 3.8) is 0 Å². The molecule has 2 atom stereocenters. The second-order valence-corrected chi connectivity index (χ2v) is 11.8. The minimum absolute atomic E-state index is 0.0149. The number of hydrogen-bond donors (Lipinski definition) is 1. The van der Waals surface area contributed by atoms with Crippen LogP contribution in [0.1, 0.15) is 49.4 Å². The van der Waals surface area contributed by atoms with Crippen molar-refractivity contribution in [2.75, 3.05) is 18.6 Å². The van der Waals surface area contributed by atoms with Gasteiger partial charge in [-0.2, -0.15) is 0 Å². The van der Waals surface area contributed by atoms with Crippen LogP contribution in [0.5, 0.6) is 17.2 Å². The van der Waals surface area contributed by atoms with Crippen molar-refractivity contribution in [2.45, 2.75) is 45.3 Å². The Morgan fingerprint density at radius 2 is 1.98 bits per heavy atom. The number of halogens is 1. The van der Waals surface area contributed by atoms with Crippen LogP contribution >= 0.6 is 22.9 Å². The van der Waals surface area contributed by atoms with Crippen molar-refractivity contribution in [3.05, 3.63) is 81.9 Å². The molecule has 1 N–H and O–H groups in total. The molecule has 10 heteroatoms. The summed E-state index contributed by atoms with van der Waals surface area (Å²) in [6.07, 6.45) is 2.56. The van der Waals surface area contributed by atoms with Crippen molar-refractivity contribution < 1.29 is 28.9 Å². The minimum atomic E-state index is -0.969. The van der Waals surface area contributed by atoms with Crippen molar-refractivity contribution in [1.82, 2.24) is 4.98 Å². The van der Waals surface area contributed by atoms with Gasteiger partial charge >= 0.3 is 5.91 Å². The predicted octanol–water partition coefficient (Wildman–Crippen LogP) is 7.09. The van der Waals surface area contributed by atoms with Gasteiger partial charge in [-0.25, -0.2) is 4.98 Å². The molecule has 1 saturated heterocycles. The highest BCUT2D eigenvalue weighted by atomic mass is 35.5. The number of carbonyl (C=O) groups excluding carboxylic acids is 2. The van der Waals surface area contributed by atoms with Crippen LogP contribution in [0.15, 0.2) is 60.2 Å². The first kappa shape index (κ1) is 28.1. The number of ether oxygens (including phenoxy) is 3. The van der Waals surface area contributed by atoms with Crippen molar-refractivity contribution in [1.29, 1.82) is 0 Å². The quantitative estimate of drug-likeness (QED) is 0.0992. The van der Waals surface area contributed by atoms with Crippen molar-refractivity contribution >= 4 is 55.7 Å². The molecule has 3 heterocycles. The van der Waals surface area contributed by atoms with Gasteiger partial charge in [0.25, 0.3) is 5.78 Å². The summed E-state index contributed by atoms with van der Waals surface area (Å²) in [6, 6.07) is 14.8. The highest BCUT2D eigenvalue weighted by molar-refractivity contribution is 7.22. The van der Waals surface area contributed by atoms with E-state index in [1.54, 1.807) is 48.5 Å². The number of anilines is 1. The maximum absolute atomic E-state index is 13.7. The van der Waals surface area contributed by atoms with E-state index in [0.717, 1.165) is 28.9 Å². The average molecular weight is 605 g/mol. The molecule has 2 aliphatic rings. The fraction of sp³-hybridized carbons (Fsp3) is 0.281. The summed E-state index contributed by atoms with van der Waals surface area (Å²) >= 11 is 7.45. The van der Waals surface area contributed by atoms with E-state index in [9.17, 15) is 14.7 Å². The number of nitrogens with zero attached hydrogens (tertiary/aromatic N) is 2. The smallest absolute Gasteiger partial charge is 0.301 e. The number of fused-ring (bicyclic) bond motifs is 2. The van der Waals surface area contributed by atoms with Crippen molar-refractivity contribution in [2.24, 2.45) is 0 Å². The molecule has 6 rings (SSSR count). The topological polar surface area (TPSA) is 98.2 Å². The number of carbonyl (C=O) groups is 2. The van der Waals surface area contributed by atoms with Crippen LogP contribution < -0.4 is 19.1 Å². The number of aliphatic hydroxyl groups is 1. The molecule has 0 spiro atoms. The highest BCUT2D eigenvalue weighted by Crippen LogP contribution is 2.46. The fourth-order valence-corrected chi connectivity index (χ4v) is 6.63. The van der Waals surface area contributed by atoms with Gasteiger partial charge in [0.2, 0.25) is 0 Å². The van der Waals surface area contributed by atoms with Gasteiger partial charge in [0.1, 0.15) is 17.6 Å². The standard InChI is InChI=1S/C32H29ClN2O6S/c1-4-5-12-40-24-11-6-18(15-25(24)39-3)28-27(29(36)19-7-10-23-20(14-19)13-17(2)41-23)30(37)31(38)35(28)32-34-22-9-8-21(33)16-26(22)42-32/h6-11,14-17,28,36H,4-5,12-13H2,1-3H3/t17-,28+/m0/s1. The number of hydrogen-bond acceptors (Lipinski definition) is 8. The van der Waals surface area contributed by atoms with Crippen LogP contribution in [0.3, 0.4) is 0 Å². The van der Waals surface area contributed by atoms with Gasteiger partial charge in [-0.15, -0.1) is 0 Å². The molecule has 0 bridgehead atoms. The van der Waals surface area contributed by atoms with E-state index >= 15 is 0 Å². The van der Waals surface area contributed by atoms with Gasteiger partial charge in [0.05, 0.1) is 35.5 Å². The zero-order valence-electron chi connectivity index (χ0n) is 23.3. The first-order chi connectivity index (χ1) is 20.3. The number of rotatable bonds is 8. The molecular weight excluding hydrogens is 576 g/mol. The summed E-state index contributed by atoms with van der Waals surface area (Å²) in [5.41, 5.74) is 2.52. The van der Waals surface area contributed by atoms with Crippen LogP contribution in [0.2, 0.25) is 5.02 Å². The van der Waals surface area contributed by atoms with Crippen LogP contribution in [0.4, 0.5) is 5.13 Å². The third-order valence-corrected chi connectivity index (χ3v) is 8.67. The molecule has 0 radical (unpaired) electrons. The van der Waals surface area contributed by atoms with Gasteiger partial charge in [0, 0.05) is 17.0 Å². The summed E-state index contributed by atoms with van der Waals surface area (Å²) in [5, 5.41) is 12.5. The summed E-state index contributed by atoms with van der Waals surface area (Å²) < 4.78 is 18.1. The molecule has 0 aliphatic carbocycles. The molecule has 4 aromatic rings. The van der Waals surface area contributed by atoms with Gasteiger partial charge in [0.15, 0.2) is 16.6 Å². The summed E-state index contributed by atoms with van der Waals surface area (Å²) in [7, 11) is 1.54. The van der Waals surface area contributed by atoms with Crippen LogP contribution in [-0.2, 0) is 16.0 Å². The molecule has 1 amide bonds. The first-order valence-corrected chi connectivity index (χ1v) is 15.0. The van der Waals surface area contributed by atoms with E-state index in [-0.39, 0.29) is 17.4 Å². The molecule has 1 fully saturated rings. The largest absolute Gasteiger partial charge is 0.507 e. The maximum atomic E-state index is 13.7. The predicted molar refractivity (Wildman–Crippen MR) is 163 cm³/mol. The molecule has 2 aliphatic heterocycles. The Kier molecular flexibility index (Phi) is 7.55. The number of amides is 1. The monoisotopic (exact) mass is 604 g/mol. The lowest BCUT2D eigenvalue weighted by Gasteiger charge is -2.24. The van der Waals surface area contributed by atoms with E-state index in [1.165, 1.54) is 23.3 Å². The molecular formula is C32H29ClN2O6S. The third-order valence-electron chi connectivity index (χ3n) is 7.42. The van der Waals surface area contributed by atoms with E-state index in [1.807, 2.05) is 13.0 Å². The Bertz CT molecular complexity index is 1750. The lowest BCUT2D eigenvalue weighted by Crippen LogP contribution is -2.29. The Morgan fingerprint density at radius 1 is 1.14 bits per heavy atom. The first-order valence-electron chi connectivity index (χ1n) is 13.8. The Hall–Kier alpha value is -4.08. The lowest BCUT2D eigenvalue weighted by molar-refractivity contribution is -0.132. The Balaban J connectivity index is 1.51. The van der Waals surface area contributed by atoms with E-state index in [0.29, 0.717) is 51.3 Å². The molecule has 42 heavy (non-hydrogen) atoms. The molecule has 0 unspecified atom stereocenters. The van der Waals surface area contributed by atoms with E-state index in [2.05, 4.69) is 11.9 Å². The number of ketones is 1. The number of thiazole rings is 1. The number of methoxy groups -OCH3 is 1.